The average molecular weight is 309 g/mol. The van der Waals surface area contributed by atoms with Gasteiger partial charge in [0.2, 0.25) is 15.8 Å². The third kappa shape index (κ3) is 3.26. The molecule has 1 heterocycles. The van der Waals surface area contributed by atoms with Gasteiger partial charge in [0.1, 0.15) is 5.82 Å². The molecule has 9 heteroatoms. The number of nitrogens with zero attached hydrogens (tertiary/aromatic N) is 2. The summed E-state index contributed by atoms with van der Waals surface area (Å²) >= 11 is 0. The minimum absolute atomic E-state index is 0.0226. The Kier molecular flexibility index (Phi) is 3.79. The number of aromatic amines is 1. The molecule has 0 bridgehead atoms. The van der Waals surface area contributed by atoms with E-state index < -0.39 is 15.9 Å². The van der Waals surface area contributed by atoms with Crippen LogP contribution in [0.3, 0.4) is 0 Å². The molecule has 2 aromatic rings. The molecule has 0 unspecified atom stereocenters. The second kappa shape index (κ2) is 5.26. The van der Waals surface area contributed by atoms with Gasteiger partial charge in [-0.2, -0.15) is 0 Å². The van der Waals surface area contributed by atoms with Crippen molar-refractivity contribution in [3.05, 3.63) is 34.9 Å². The Morgan fingerprint density at radius 2 is 1.95 bits per heavy atom. The predicted molar refractivity (Wildman–Crippen MR) is 76.4 cm³/mol. The number of H-pyrrole nitrogens is 1. The molecule has 0 radical (unpaired) electrons. The lowest BCUT2D eigenvalue weighted by Crippen LogP contribution is -2.17. The Morgan fingerprint density at radius 1 is 1.29 bits per heavy atom. The van der Waals surface area contributed by atoms with Crippen molar-refractivity contribution >= 4 is 21.6 Å². The van der Waals surface area contributed by atoms with Crippen molar-refractivity contribution in [1.29, 1.82) is 0 Å². The molecule has 0 atom stereocenters. The first-order valence-electron chi connectivity index (χ1n) is 6.03. The molecular formula is C12H15N5O3S. The molecule has 0 aliphatic rings. The summed E-state index contributed by atoms with van der Waals surface area (Å²) in [6.07, 6.45) is 0. The number of rotatable bonds is 3. The van der Waals surface area contributed by atoms with E-state index in [2.05, 4.69) is 20.5 Å². The lowest BCUT2D eigenvalue weighted by Gasteiger charge is -2.11. The van der Waals surface area contributed by atoms with Crippen molar-refractivity contribution in [1.82, 2.24) is 15.2 Å². The third-order valence-electron chi connectivity index (χ3n) is 3.02. The molecule has 4 N–H and O–H groups in total. The number of carbonyl (C=O) groups excluding carboxylic acids is 1. The van der Waals surface area contributed by atoms with Crippen LogP contribution in [0, 0.1) is 20.8 Å². The van der Waals surface area contributed by atoms with Gasteiger partial charge in [0.15, 0.2) is 0 Å². The second-order valence-corrected chi connectivity index (χ2v) is 6.22. The normalized spacial score (nSPS) is 11.4. The van der Waals surface area contributed by atoms with Crippen LogP contribution in [0.2, 0.25) is 0 Å². The number of nitrogens with one attached hydrogen (secondary N) is 2. The summed E-state index contributed by atoms with van der Waals surface area (Å²) in [5.74, 6) is -0.0506. The summed E-state index contributed by atoms with van der Waals surface area (Å²) in [5, 5.41) is 14.0. The van der Waals surface area contributed by atoms with Crippen LogP contribution < -0.4 is 10.5 Å². The van der Waals surface area contributed by atoms with Crippen molar-refractivity contribution in [2.75, 3.05) is 5.32 Å². The third-order valence-corrected chi connectivity index (χ3v) is 3.91. The smallest absolute Gasteiger partial charge is 0.295 e. The van der Waals surface area contributed by atoms with Crippen molar-refractivity contribution in [2.45, 2.75) is 25.7 Å². The van der Waals surface area contributed by atoms with Gasteiger partial charge in [0, 0.05) is 5.69 Å². The fourth-order valence-electron chi connectivity index (χ4n) is 1.74. The van der Waals surface area contributed by atoms with Gasteiger partial charge in [-0.25, -0.2) is 18.5 Å². The quantitative estimate of drug-likeness (QED) is 0.765. The maximum absolute atomic E-state index is 12.0. The summed E-state index contributed by atoms with van der Waals surface area (Å²) in [6, 6.07) is 2.77. The zero-order valence-corrected chi connectivity index (χ0v) is 12.6. The number of carbonyl (C=O) groups is 1. The summed E-state index contributed by atoms with van der Waals surface area (Å²) < 4.78 is 22.9. The fourth-order valence-corrected chi connectivity index (χ4v) is 2.37. The summed E-state index contributed by atoms with van der Waals surface area (Å²) in [7, 11) is -3.85. The van der Waals surface area contributed by atoms with Gasteiger partial charge in [0.05, 0.1) is 4.90 Å². The molecule has 0 spiro atoms. The number of hydrogen-bond acceptors (Lipinski definition) is 5. The predicted octanol–water partition coefficient (Wildman–Crippen LogP) is 0.630. The lowest BCUT2D eigenvalue weighted by molar-refractivity contribution is 0.101. The van der Waals surface area contributed by atoms with Gasteiger partial charge in [-0.1, -0.05) is 0 Å². The Morgan fingerprint density at radius 3 is 2.48 bits per heavy atom. The number of aryl methyl sites for hydroxylation is 2. The van der Waals surface area contributed by atoms with E-state index in [1.807, 2.05) is 0 Å². The number of primary sulfonamides is 1. The molecule has 1 aromatic carbocycles. The van der Waals surface area contributed by atoms with Gasteiger partial charge >= 0.3 is 0 Å². The minimum atomic E-state index is -3.85. The highest BCUT2D eigenvalue weighted by Crippen LogP contribution is 2.23. The molecule has 21 heavy (non-hydrogen) atoms. The maximum atomic E-state index is 12.0. The first-order valence-corrected chi connectivity index (χ1v) is 7.57. The molecule has 1 aromatic heterocycles. The largest absolute Gasteiger partial charge is 0.319 e. The highest BCUT2D eigenvalue weighted by atomic mass is 32.2. The van der Waals surface area contributed by atoms with Crippen LogP contribution in [0.5, 0.6) is 0 Å². The first-order chi connectivity index (χ1) is 9.68. The number of aromatic nitrogens is 3. The number of benzene rings is 1. The molecule has 8 nitrogen and oxygen atoms in total. The Labute approximate surface area is 121 Å². The Bertz CT molecular complexity index is 810. The van der Waals surface area contributed by atoms with Crippen LogP contribution >= 0.6 is 0 Å². The highest BCUT2D eigenvalue weighted by Gasteiger charge is 2.16. The van der Waals surface area contributed by atoms with E-state index in [1.54, 1.807) is 20.8 Å². The van der Waals surface area contributed by atoms with E-state index in [1.165, 1.54) is 12.1 Å². The Balaban J connectivity index is 2.40. The average Bonchev–Trinajstić information content (AvgIpc) is 2.80. The van der Waals surface area contributed by atoms with E-state index in [4.69, 9.17) is 5.14 Å². The molecule has 2 rings (SSSR count). The van der Waals surface area contributed by atoms with Crippen molar-refractivity contribution in [3.63, 3.8) is 0 Å². The van der Waals surface area contributed by atoms with E-state index in [0.717, 1.165) is 5.56 Å². The Hall–Kier alpha value is -2.26. The van der Waals surface area contributed by atoms with Crippen LogP contribution in [-0.4, -0.2) is 29.5 Å². The molecule has 1 amide bonds. The van der Waals surface area contributed by atoms with E-state index in [9.17, 15) is 13.2 Å². The molecule has 0 aliphatic carbocycles. The molecule has 0 aliphatic heterocycles. The van der Waals surface area contributed by atoms with Gasteiger partial charge in [-0.05, 0) is 44.0 Å². The van der Waals surface area contributed by atoms with Crippen LogP contribution in [0.4, 0.5) is 5.69 Å². The molecule has 0 fully saturated rings. The summed E-state index contributed by atoms with van der Waals surface area (Å²) in [6.45, 7) is 5.17. The molecule has 0 saturated heterocycles. The molecular weight excluding hydrogens is 294 g/mol. The van der Waals surface area contributed by atoms with Crippen LogP contribution in [-0.2, 0) is 10.0 Å². The topological polar surface area (TPSA) is 131 Å². The fraction of sp³-hybridized carbons (Fsp3) is 0.250. The van der Waals surface area contributed by atoms with Gasteiger partial charge in [-0.15, -0.1) is 5.10 Å². The van der Waals surface area contributed by atoms with E-state index >= 15 is 0 Å². The monoisotopic (exact) mass is 309 g/mol. The minimum Gasteiger partial charge on any atom is -0.319 e. The second-order valence-electron chi connectivity index (χ2n) is 4.66. The van der Waals surface area contributed by atoms with Crippen molar-refractivity contribution in [2.24, 2.45) is 5.14 Å². The number of nitrogens with two attached hydrogens (primary N) is 1. The van der Waals surface area contributed by atoms with Crippen LogP contribution in [0.25, 0.3) is 0 Å². The van der Waals surface area contributed by atoms with Gasteiger partial charge in [0.25, 0.3) is 5.91 Å². The zero-order chi connectivity index (χ0) is 15.8. The number of hydrogen-bond donors (Lipinski definition) is 3. The first kappa shape index (κ1) is 15.1. The van der Waals surface area contributed by atoms with Gasteiger partial charge < -0.3 is 5.32 Å². The maximum Gasteiger partial charge on any atom is 0.295 e. The summed E-state index contributed by atoms with van der Waals surface area (Å²) in [4.78, 5) is 15.9. The van der Waals surface area contributed by atoms with E-state index in [-0.39, 0.29) is 10.7 Å². The molecule has 0 saturated carbocycles. The van der Waals surface area contributed by atoms with Crippen molar-refractivity contribution < 1.29 is 13.2 Å². The highest BCUT2D eigenvalue weighted by molar-refractivity contribution is 7.89. The molecule has 112 valence electrons. The number of amides is 1. The van der Waals surface area contributed by atoms with Crippen LogP contribution in [0.15, 0.2) is 17.0 Å². The standard InChI is InChI=1S/C12H15N5O3S/c1-6-4-9(21(13,19)20)5-10(7(6)2)15-12(18)11-14-8(3)16-17-11/h4-5H,1-3H3,(H,15,18)(H2,13,19,20)(H,14,16,17). The van der Waals surface area contributed by atoms with E-state index in [0.29, 0.717) is 17.1 Å². The number of anilines is 1. The van der Waals surface area contributed by atoms with Crippen molar-refractivity contribution in [3.8, 4) is 0 Å². The lowest BCUT2D eigenvalue weighted by atomic mass is 10.1. The number of sulfonamides is 1. The summed E-state index contributed by atoms with van der Waals surface area (Å²) in [5.41, 5.74) is 1.79. The zero-order valence-electron chi connectivity index (χ0n) is 11.8. The van der Waals surface area contributed by atoms with Gasteiger partial charge in [-0.3, -0.25) is 9.89 Å². The van der Waals surface area contributed by atoms with Crippen LogP contribution in [0.1, 0.15) is 27.6 Å². The SMILES string of the molecule is Cc1nc(C(=O)Nc2cc(S(N)(=O)=O)cc(C)c2C)n[nH]1.